The molecular weight excluding hydrogens is 203 g/mol. The summed E-state index contributed by atoms with van der Waals surface area (Å²) in [6.07, 6.45) is -2.33. The van der Waals surface area contributed by atoms with Crippen LogP contribution in [0, 0.1) is 11.8 Å². The Hall–Kier alpha value is -0.250. The first-order valence-electron chi connectivity index (χ1n) is 5.58. The zero-order valence-electron chi connectivity index (χ0n) is 9.62. The van der Waals surface area contributed by atoms with E-state index >= 15 is 0 Å². The lowest BCUT2D eigenvalue weighted by molar-refractivity contribution is -0.206. The van der Waals surface area contributed by atoms with Crippen LogP contribution in [-0.2, 0) is 0 Å². The molecule has 0 spiro atoms. The molecule has 0 radical (unpaired) electrons. The van der Waals surface area contributed by atoms with E-state index < -0.39 is 11.7 Å². The fourth-order valence-electron chi connectivity index (χ4n) is 2.47. The van der Waals surface area contributed by atoms with E-state index in [0.717, 1.165) is 0 Å². The Balaban J connectivity index is 2.67. The van der Waals surface area contributed by atoms with Crippen LogP contribution in [0.5, 0.6) is 0 Å². The largest absolute Gasteiger partial charge is 0.406 e. The van der Waals surface area contributed by atoms with Gasteiger partial charge in [-0.3, -0.25) is 0 Å². The first-order valence-corrected chi connectivity index (χ1v) is 5.58. The topological polar surface area (TPSA) is 12.0 Å². The Labute approximate surface area is 89.4 Å². The van der Waals surface area contributed by atoms with E-state index in [1.54, 1.807) is 0 Å². The lowest BCUT2D eigenvalue weighted by Crippen LogP contribution is -2.57. The number of alkyl halides is 3. The predicted molar refractivity (Wildman–Crippen MR) is 54.6 cm³/mol. The molecule has 90 valence electrons. The number of nitrogens with one attached hydrogen (secondary N) is 1. The molecule has 15 heavy (non-hydrogen) atoms. The van der Waals surface area contributed by atoms with Crippen LogP contribution in [0.1, 0.15) is 39.5 Å². The smallest absolute Gasteiger partial charge is 0.307 e. The maximum atomic E-state index is 12.9. The third kappa shape index (κ3) is 2.47. The first-order chi connectivity index (χ1) is 6.82. The van der Waals surface area contributed by atoms with Gasteiger partial charge in [-0.2, -0.15) is 13.2 Å². The minimum absolute atomic E-state index is 0.218. The summed E-state index contributed by atoms with van der Waals surface area (Å²) in [5, 5.41) is 2.49. The summed E-state index contributed by atoms with van der Waals surface area (Å²) in [6, 6.07) is 0. The lowest BCUT2D eigenvalue weighted by Gasteiger charge is -2.42. The van der Waals surface area contributed by atoms with Crippen LogP contribution in [0.4, 0.5) is 13.2 Å². The predicted octanol–water partition coefficient (Wildman–Crippen LogP) is 3.35. The zero-order chi connectivity index (χ0) is 11.7. The monoisotopic (exact) mass is 223 g/mol. The second kappa shape index (κ2) is 4.32. The van der Waals surface area contributed by atoms with Crippen molar-refractivity contribution in [3.63, 3.8) is 0 Å². The van der Waals surface area contributed by atoms with Crippen LogP contribution >= 0.6 is 0 Å². The molecule has 0 aromatic rings. The van der Waals surface area contributed by atoms with Crippen LogP contribution in [0.3, 0.4) is 0 Å². The van der Waals surface area contributed by atoms with Crippen molar-refractivity contribution in [2.75, 3.05) is 7.05 Å². The Bertz CT molecular complexity index is 202. The molecule has 1 N–H and O–H groups in total. The Kier molecular flexibility index (Phi) is 3.69. The highest BCUT2D eigenvalue weighted by atomic mass is 19.4. The van der Waals surface area contributed by atoms with Crippen LogP contribution in [0.15, 0.2) is 0 Å². The van der Waals surface area contributed by atoms with Crippen LogP contribution in [-0.4, -0.2) is 18.8 Å². The van der Waals surface area contributed by atoms with Gasteiger partial charge in [0.2, 0.25) is 0 Å². The SMILES string of the molecule is CNC1(C(F)(F)F)CCC(C(C)C)CC1. The van der Waals surface area contributed by atoms with Crippen molar-refractivity contribution < 1.29 is 13.2 Å². The highest BCUT2D eigenvalue weighted by Gasteiger charge is 2.54. The molecule has 0 saturated heterocycles. The molecule has 1 saturated carbocycles. The zero-order valence-corrected chi connectivity index (χ0v) is 9.62. The minimum atomic E-state index is -4.12. The van der Waals surface area contributed by atoms with Gasteiger partial charge < -0.3 is 5.32 Å². The van der Waals surface area contributed by atoms with Crippen molar-refractivity contribution in [1.82, 2.24) is 5.32 Å². The quantitative estimate of drug-likeness (QED) is 0.757. The summed E-state index contributed by atoms with van der Waals surface area (Å²) in [7, 11) is 1.42. The summed E-state index contributed by atoms with van der Waals surface area (Å²) in [5.41, 5.74) is -1.63. The van der Waals surface area contributed by atoms with E-state index in [1.165, 1.54) is 7.05 Å². The van der Waals surface area contributed by atoms with Gasteiger partial charge in [-0.05, 0) is 44.6 Å². The minimum Gasteiger partial charge on any atom is -0.307 e. The average molecular weight is 223 g/mol. The van der Waals surface area contributed by atoms with Crippen molar-refractivity contribution >= 4 is 0 Å². The molecule has 1 rings (SSSR count). The van der Waals surface area contributed by atoms with E-state index in [2.05, 4.69) is 19.2 Å². The highest BCUT2D eigenvalue weighted by molar-refractivity contribution is 4.98. The Morgan fingerprint density at radius 1 is 1.20 bits per heavy atom. The number of hydrogen-bond donors (Lipinski definition) is 1. The highest BCUT2D eigenvalue weighted by Crippen LogP contribution is 2.44. The van der Waals surface area contributed by atoms with Gasteiger partial charge in [-0.15, -0.1) is 0 Å². The van der Waals surface area contributed by atoms with E-state index in [0.29, 0.717) is 24.7 Å². The molecule has 0 aromatic carbocycles. The Morgan fingerprint density at radius 3 is 1.93 bits per heavy atom. The van der Waals surface area contributed by atoms with E-state index in [4.69, 9.17) is 0 Å². The molecule has 0 amide bonds. The van der Waals surface area contributed by atoms with Crippen LogP contribution in [0.25, 0.3) is 0 Å². The average Bonchev–Trinajstić information content (AvgIpc) is 2.16. The maximum Gasteiger partial charge on any atom is 0.406 e. The van der Waals surface area contributed by atoms with Gasteiger partial charge in [0.15, 0.2) is 0 Å². The first kappa shape index (κ1) is 12.8. The van der Waals surface area contributed by atoms with Crippen molar-refractivity contribution in [1.29, 1.82) is 0 Å². The molecular formula is C11H20F3N. The van der Waals surface area contributed by atoms with Crippen LogP contribution < -0.4 is 5.32 Å². The second-order valence-electron chi connectivity index (χ2n) is 4.91. The van der Waals surface area contributed by atoms with Gasteiger partial charge in [-0.25, -0.2) is 0 Å². The van der Waals surface area contributed by atoms with Crippen molar-refractivity contribution in [3.05, 3.63) is 0 Å². The van der Waals surface area contributed by atoms with E-state index in [-0.39, 0.29) is 12.8 Å². The third-order valence-electron chi connectivity index (χ3n) is 3.85. The number of halogens is 3. The summed E-state index contributed by atoms with van der Waals surface area (Å²) < 4.78 is 38.6. The van der Waals surface area contributed by atoms with E-state index in [9.17, 15) is 13.2 Å². The molecule has 1 nitrogen and oxygen atoms in total. The van der Waals surface area contributed by atoms with Crippen molar-refractivity contribution in [2.24, 2.45) is 11.8 Å². The van der Waals surface area contributed by atoms with Crippen molar-refractivity contribution in [3.8, 4) is 0 Å². The molecule has 0 aromatic heterocycles. The molecule has 0 bridgehead atoms. The standard InChI is InChI=1S/C11H20F3N/c1-8(2)9-4-6-10(15-3,7-5-9)11(12,13)14/h8-9,15H,4-7H2,1-3H3. The molecule has 0 atom stereocenters. The van der Waals surface area contributed by atoms with Crippen molar-refractivity contribution in [2.45, 2.75) is 51.2 Å². The fraction of sp³-hybridized carbons (Fsp3) is 1.00. The van der Waals surface area contributed by atoms with Gasteiger partial charge in [0.05, 0.1) is 0 Å². The molecule has 1 aliphatic rings. The van der Waals surface area contributed by atoms with Gasteiger partial charge in [0.25, 0.3) is 0 Å². The number of hydrogen-bond acceptors (Lipinski definition) is 1. The molecule has 0 heterocycles. The molecule has 1 fully saturated rings. The summed E-state index contributed by atoms with van der Waals surface area (Å²) in [4.78, 5) is 0. The van der Waals surface area contributed by atoms with Gasteiger partial charge >= 0.3 is 6.18 Å². The molecule has 0 aliphatic heterocycles. The summed E-state index contributed by atoms with van der Waals surface area (Å²) >= 11 is 0. The van der Waals surface area contributed by atoms with E-state index in [1.807, 2.05) is 0 Å². The number of rotatable bonds is 2. The van der Waals surface area contributed by atoms with Gasteiger partial charge in [-0.1, -0.05) is 13.8 Å². The van der Waals surface area contributed by atoms with Gasteiger partial charge in [0, 0.05) is 0 Å². The summed E-state index contributed by atoms with van der Waals surface area (Å²) in [5.74, 6) is 0.946. The third-order valence-corrected chi connectivity index (χ3v) is 3.85. The second-order valence-corrected chi connectivity index (χ2v) is 4.91. The lowest BCUT2D eigenvalue weighted by atomic mass is 9.72. The Morgan fingerprint density at radius 2 is 1.67 bits per heavy atom. The summed E-state index contributed by atoms with van der Waals surface area (Å²) in [6.45, 7) is 4.18. The molecule has 4 heteroatoms. The van der Waals surface area contributed by atoms with Crippen LogP contribution in [0.2, 0.25) is 0 Å². The normalized spacial score (nSPS) is 33.4. The maximum absolute atomic E-state index is 12.9. The molecule has 1 aliphatic carbocycles. The fourth-order valence-corrected chi connectivity index (χ4v) is 2.47. The van der Waals surface area contributed by atoms with Gasteiger partial charge in [0.1, 0.15) is 5.54 Å². The molecule has 0 unspecified atom stereocenters.